The molecule has 74 valence electrons. The molecule has 0 spiro atoms. The minimum atomic E-state index is -0.333. The molecular weight excluding hydrogens is 216 g/mol. The molecule has 0 bridgehead atoms. The van der Waals surface area contributed by atoms with E-state index in [1.807, 2.05) is 11.6 Å². The average Bonchev–Trinajstić information content (AvgIpc) is 2.76. The summed E-state index contributed by atoms with van der Waals surface area (Å²) in [4.78, 5) is 5.44. The number of nitrogens with zero attached hydrogens (tertiary/aromatic N) is 1. The maximum absolute atomic E-state index is 6.06. The van der Waals surface area contributed by atoms with Crippen molar-refractivity contribution in [2.45, 2.75) is 0 Å². The van der Waals surface area contributed by atoms with E-state index in [4.69, 9.17) is 5.41 Å². The zero-order chi connectivity index (χ0) is 10.4. The molecule has 0 amide bonds. The summed E-state index contributed by atoms with van der Waals surface area (Å²) in [5.74, 6) is -0.333. The molecule has 0 aliphatic rings. The van der Waals surface area contributed by atoms with Crippen LogP contribution in [0.25, 0.3) is 10.6 Å². The first-order valence-corrected chi connectivity index (χ1v) is 5.54. The maximum atomic E-state index is 6.06. The van der Waals surface area contributed by atoms with Gasteiger partial charge in [0, 0.05) is 5.38 Å². The van der Waals surface area contributed by atoms with Gasteiger partial charge < -0.3 is 11.5 Å². The molecule has 0 unspecified atom stereocenters. The van der Waals surface area contributed by atoms with Crippen molar-refractivity contribution in [3.8, 4) is 10.6 Å². The van der Waals surface area contributed by atoms with Crippen LogP contribution >= 0.6 is 22.7 Å². The number of nitrogens with two attached hydrogens (primary N) is 2. The Bertz CT molecular complexity index is 330. The summed E-state index contributed by atoms with van der Waals surface area (Å²) >= 11 is 3.36. The molecule has 14 heavy (non-hydrogen) atoms. The van der Waals surface area contributed by atoms with E-state index in [2.05, 4.69) is 33.3 Å². The fraction of sp³-hybridized carbons (Fsp3) is 0. The number of hydrogen-bond acceptors (Lipinski definition) is 4. The molecule has 0 atom stereocenters. The maximum Gasteiger partial charge on any atom is 0.183 e. The summed E-state index contributed by atoms with van der Waals surface area (Å²) in [5, 5.41) is 10.2. The van der Waals surface area contributed by atoms with Crippen LogP contribution in [-0.2, 0) is 0 Å². The molecule has 0 saturated carbocycles. The van der Waals surface area contributed by atoms with E-state index in [1.54, 1.807) is 22.7 Å². The quantitative estimate of drug-likeness (QED) is 0.511. The lowest BCUT2D eigenvalue weighted by molar-refractivity contribution is 1.39. The lowest BCUT2D eigenvalue weighted by atomic mass is 10.4. The Labute approximate surface area is 89.7 Å². The first-order chi connectivity index (χ1) is 6.70. The van der Waals surface area contributed by atoms with Crippen molar-refractivity contribution in [3.63, 3.8) is 0 Å². The van der Waals surface area contributed by atoms with Crippen LogP contribution in [0.4, 0.5) is 0 Å². The molecule has 0 aliphatic carbocycles. The Morgan fingerprint density at radius 2 is 2.14 bits per heavy atom. The number of thiazole rings is 1. The van der Waals surface area contributed by atoms with Crippen LogP contribution < -0.4 is 11.5 Å². The van der Waals surface area contributed by atoms with Gasteiger partial charge in [0.25, 0.3) is 0 Å². The van der Waals surface area contributed by atoms with Gasteiger partial charge in [-0.15, -0.1) is 22.7 Å². The van der Waals surface area contributed by atoms with E-state index >= 15 is 0 Å². The van der Waals surface area contributed by atoms with Crippen LogP contribution in [0.5, 0.6) is 0 Å². The van der Waals surface area contributed by atoms with E-state index in [1.165, 1.54) is 4.88 Å². The summed E-state index contributed by atoms with van der Waals surface area (Å²) in [6.07, 6.45) is 0. The van der Waals surface area contributed by atoms with Crippen molar-refractivity contribution in [2.24, 2.45) is 11.5 Å². The molecule has 4 nitrogen and oxygen atoms in total. The third kappa shape index (κ3) is 3.55. The number of thiophene rings is 1. The molecule has 0 aromatic carbocycles. The molecule has 2 rings (SSSR count). The standard InChI is InChI=1S/C7H5NS2.CH5N3/c1-2-7(10-3-1)6-4-9-5-8-6;2-1(3)4/h1-5H;(H5,2,3,4). The van der Waals surface area contributed by atoms with Gasteiger partial charge in [-0.1, -0.05) is 6.07 Å². The van der Waals surface area contributed by atoms with Crippen LogP contribution in [0.1, 0.15) is 0 Å². The fourth-order valence-corrected chi connectivity index (χ4v) is 2.08. The van der Waals surface area contributed by atoms with Gasteiger partial charge >= 0.3 is 0 Å². The number of rotatable bonds is 1. The molecule has 2 heterocycles. The predicted molar refractivity (Wildman–Crippen MR) is 61.5 cm³/mol. The average molecular weight is 226 g/mol. The largest absolute Gasteiger partial charge is 0.370 e. The van der Waals surface area contributed by atoms with Crippen LogP contribution in [0.2, 0.25) is 0 Å². The third-order valence-corrected chi connectivity index (χ3v) is 2.68. The number of hydrogen-bond donors (Lipinski definition) is 3. The normalized spacial score (nSPS) is 8.86. The number of guanidine groups is 1. The smallest absolute Gasteiger partial charge is 0.183 e. The molecule has 2 aromatic rings. The van der Waals surface area contributed by atoms with Gasteiger partial charge in [0.15, 0.2) is 5.96 Å². The van der Waals surface area contributed by atoms with Gasteiger partial charge in [-0.3, -0.25) is 5.41 Å². The Hall–Kier alpha value is -1.40. The first kappa shape index (κ1) is 10.7. The number of nitrogens with one attached hydrogen (secondary N) is 1. The van der Waals surface area contributed by atoms with Crippen molar-refractivity contribution < 1.29 is 0 Å². The van der Waals surface area contributed by atoms with Gasteiger partial charge in [0.05, 0.1) is 16.1 Å². The summed E-state index contributed by atoms with van der Waals surface area (Å²) in [6.45, 7) is 0. The van der Waals surface area contributed by atoms with E-state index in [0.717, 1.165) is 5.69 Å². The summed E-state index contributed by atoms with van der Waals surface area (Å²) in [6, 6.07) is 4.12. The number of aromatic nitrogens is 1. The molecule has 0 fully saturated rings. The second-order valence-electron chi connectivity index (χ2n) is 2.31. The zero-order valence-corrected chi connectivity index (χ0v) is 8.94. The summed E-state index contributed by atoms with van der Waals surface area (Å²) in [7, 11) is 0. The molecule has 2 aromatic heterocycles. The van der Waals surface area contributed by atoms with Crippen molar-refractivity contribution in [1.29, 1.82) is 5.41 Å². The van der Waals surface area contributed by atoms with E-state index in [0.29, 0.717) is 0 Å². The molecule has 5 N–H and O–H groups in total. The Balaban J connectivity index is 0.000000213. The van der Waals surface area contributed by atoms with Gasteiger partial charge in [-0.25, -0.2) is 4.98 Å². The third-order valence-electron chi connectivity index (χ3n) is 1.21. The van der Waals surface area contributed by atoms with E-state index in [-0.39, 0.29) is 5.96 Å². The van der Waals surface area contributed by atoms with Crippen LogP contribution in [0, 0.1) is 5.41 Å². The second kappa shape index (κ2) is 5.36. The minimum absolute atomic E-state index is 0.333. The van der Waals surface area contributed by atoms with Crippen molar-refractivity contribution in [3.05, 3.63) is 28.4 Å². The van der Waals surface area contributed by atoms with E-state index < -0.39 is 0 Å². The first-order valence-electron chi connectivity index (χ1n) is 3.71. The molecule has 0 aliphatic heterocycles. The predicted octanol–water partition coefficient (Wildman–Crippen LogP) is 1.71. The SMILES string of the molecule is N=C(N)N.c1csc(-c2cscn2)c1. The zero-order valence-electron chi connectivity index (χ0n) is 7.31. The highest BCUT2D eigenvalue weighted by molar-refractivity contribution is 7.14. The highest BCUT2D eigenvalue weighted by Gasteiger charge is 1.97. The molecule has 0 radical (unpaired) electrons. The fourth-order valence-electron chi connectivity index (χ4n) is 0.759. The second-order valence-corrected chi connectivity index (χ2v) is 3.97. The van der Waals surface area contributed by atoms with E-state index in [9.17, 15) is 0 Å². The Kier molecular flexibility index (Phi) is 4.09. The highest BCUT2D eigenvalue weighted by atomic mass is 32.1. The van der Waals surface area contributed by atoms with Crippen molar-refractivity contribution in [1.82, 2.24) is 4.98 Å². The lowest BCUT2D eigenvalue weighted by Crippen LogP contribution is -2.20. The molecule has 6 heteroatoms. The summed E-state index contributed by atoms with van der Waals surface area (Å²) in [5.41, 5.74) is 11.9. The topological polar surface area (TPSA) is 88.8 Å². The summed E-state index contributed by atoms with van der Waals surface area (Å²) < 4.78 is 0. The lowest BCUT2D eigenvalue weighted by Gasteiger charge is -1.83. The van der Waals surface area contributed by atoms with Gasteiger partial charge in [0.2, 0.25) is 0 Å². The van der Waals surface area contributed by atoms with Gasteiger partial charge in [-0.05, 0) is 11.4 Å². The van der Waals surface area contributed by atoms with Crippen molar-refractivity contribution >= 4 is 28.6 Å². The monoisotopic (exact) mass is 226 g/mol. The molecule has 0 saturated heterocycles. The highest BCUT2D eigenvalue weighted by Crippen LogP contribution is 2.23. The van der Waals surface area contributed by atoms with Crippen LogP contribution in [-0.4, -0.2) is 10.9 Å². The van der Waals surface area contributed by atoms with Gasteiger partial charge in [-0.2, -0.15) is 0 Å². The van der Waals surface area contributed by atoms with Crippen LogP contribution in [0.15, 0.2) is 28.4 Å². The van der Waals surface area contributed by atoms with Crippen LogP contribution in [0.3, 0.4) is 0 Å². The van der Waals surface area contributed by atoms with Crippen molar-refractivity contribution in [2.75, 3.05) is 0 Å². The Morgan fingerprint density at radius 3 is 2.57 bits per heavy atom. The minimum Gasteiger partial charge on any atom is -0.370 e. The Morgan fingerprint density at radius 1 is 1.43 bits per heavy atom. The molecular formula is C8H10N4S2. The van der Waals surface area contributed by atoms with Gasteiger partial charge in [0.1, 0.15) is 0 Å².